The van der Waals surface area contributed by atoms with Crippen LogP contribution in [-0.4, -0.2) is 29.2 Å². The number of likely N-dealkylation sites (tertiary alicyclic amines) is 1. The molecule has 3 rings (SSSR count). The third-order valence-electron chi connectivity index (χ3n) is 4.05. The molecule has 0 saturated carbocycles. The van der Waals surface area contributed by atoms with Crippen LogP contribution in [0.5, 0.6) is 0 Å². The number of benzene rings is 1. The van der Waals surface area contributed by atoms with Gasteiger partial charge in [0.15, 0.2) is 5.76 Å². The van der Waals surface area contributed by atoms with E-state index in [9.17, 15) is 9.59 Å². The number of furan rings is 1. The Morgan fingerprint density at radius 3 is 2.86 bits per heavy atom. The van der Waals surface area contributed by atoms with Crippen molar-refractivity contribution in [3.05, 3.63) is 36.1 Å². The van der Waals surface area contributed by atoms with Gasteiger partial charge >= 0.3 is 0 Å². The minimum Gasteiger partial charge on any atom is -0.451 e. The SMILES string of the molecule is CC(=O)CC1CCCCN1C(=O)c1cc2ccccc2o1. The number of hydrogen-bond donors (Lipinski definition) is 0. The summed E-state index contributed by atoms with van der Waals surface area (Å²) in [6, 6.07) is 9.40. The van der Waals surface area contributed by atoms with E-state index in [1.54, 1.807) is 13.0 Å². The molecule has 0 spiro atoms. The smallest absolute Gasteiger partial charge is 0.289 e. The van der Waals surface area contributed by atoms with Crippen LogP contribution in [0.1, 0.15) is 43.2 Å². The van der Waals surface area contributed by atoms with Crippen LogP contribution >= 0.6 is 0 Å². The average molecular weight is 285 g/mol. The van der Waals surface area contributed by atoms with Gasteiger partial charge in [-0.3, -0.25) is 9.59 Å². The molecule has 1 aromatic heterocycles. The van der Waals surface area contributed by atoms with Crippen molar-refractivity contribution >= 4 is 22.7 Å². The van der Waals surface area contributed by atoms with Crippen molar-refractivity contribution < 1.29 is 14.0 Å². The summed E-state index contributed by atoms with van der Waals surface area (Å²) in [4.78, 5) is 25.9. The summed E-state index contributed by atoms with van der Waals surface area (Å²) < 4.78 is 5.66. The van der Waals surface area contributed by atoms with Crippen LogP contribution in [0.4, 0.5) is 0 Å². The third-order valence-corrected chi connectivity index (χ3v) is 4.05. The normalized spacial score (nSPS) is 18.9. The van der Waals surface area contributed by atoms with Gasteiger partial charge in [-0.1, -0.05) is 18.2 Å². The molecule has 0 aliphatic carbocycles. The van der Waals surface area contributed by atoms with Gasteiger partial charge in [0.05, 0.1) is 0 Å². The van der Waals surface area contributed by atoms with Crippen LogP contribution < -0.4 is 0 Å². The van der Waals surface area contributed by atoms with E-state index in [1.165, 1.54) is 0 Å². The summed E-state index contributed by atoms with van der Waals surface area (Å²) in [5.74, 6) is 0.396. The van der Waals surface area contributed by atoms with E-state index < -0.39 is 0 Å². The van der Waals surface area contributed by atoms with Crippen LogP contribution in [0.15, 0.2) is 34.7 Å². The van der Waals surface area contributed by atoms with Gasteiger partial charge in [-0.05, 0) is 38.3 Å². The Balaban J connectivity index is 1.86. The molecule has 1 unspecified atom stereocenters. The second kappa shape index (κ2) is 5.72. The van der Waals surface area contributed by atoms with Crippen molar-refractivity contribution in [1.82, 2.24) is 4.90 Å². The third kappa shape index (κ3) is 2.84. The Morgan fingerprint density at radius 2 is 2.10 bits per heavy atom. The number of hydrogen-bond acceptors (Lipinski definition) is 3. The van der Waals surface area contributed by atoms with Gasteiger partial charge in [0.25, 0.3) is 5.91 Å². The van der Waals surface area contributed by atoms with Gasteiger partial charge in [0, 0.05) is 24.4 Å². The average Bonchev–Trinajstić information content (AvgIpc) is 2.90. The van der Waals surface area contributed by atoms with E-state index in [2.05, 4.69) is 0 Å². The molecule has 21 heavy (non-hydrogen) atoms. The second-order valence-corrected chi connectivity index (χ2v) is 5.70. The lowest BCUT2D eigenvalue weighted by Gasteiger charge is -2.34. The number of piperidine rings is 1. The number of para-hydroxylation sites is 1. The Kier molecular flexibility index (Phi) is 3.78. The topological polar surface area (TPSA) is 50.5 Å². The first-order valence-electron chi connectivity index (χ1n) is 7.44. The standard InChI is InChI=1S/C17H19NO3/c1-12(19)10-14-7-4-5-9-18(14)17(20)16-11-13-6-2-3-8-15(13)21-16/h2-3,6,8,11,14H,4-5,7,9-10H2,1H3. The van der Waals surface area contributed by atoms with E-state index in [-0.39, 0.29) is 17.7 Å². The molecule has 1 saturated heterocycles. The molecule has 1 aliphatic rings. The van der Waals surface area contributed by atoms with Crippen molar-refractivity contribution in [1.29, 1.82) is 0 Å². The molecule has 2 heterocycles. The van der Waals surface area contributed by atoms with Gasteiger partial charge in [0.2, 0.25) is 0 Å². The minimum atomic E-state index is -0.0999. The Bertz CT molecular complexity index is 640. The van der Waals surface area contributed by atoms with Gasteiger partial charge in [-0.2, -0.15) is 0 Å². The summed E-state index contributed by atoms with van der Waals surface area (Å²) in [5.41, 5.74) is 0.723. The highest BCUT2D eigenvalue weighted by atomic mass is 16.3. The van der Waals surface area contributed by atoms with Crippen molar-refractivity contribution in [2.24, 2.45) is 0 Å². The first kappa shape index (κ1) is 13.9. The molecule has 110 valence electrons. The van der Waals surface area contributed by atoms with Crippen LogP contribution in [0.2, 0.25) is 0 Å². The summed E-state index contributed by atoms with van der Waals surface area (Å²) >= 11 is 0. The van der Waals surface area contributed by atoms with Crippen LogP contribution in [0.3, 0.4) is 0 Å². The number of Topliss-reactive ketones (excluding diaryl/α,β-unsaturated/α-hetero) is 1. The van der Waals surface area contributed by atoms with Crippen molar-refractivity contribution in [3.63, 3.8) is 0 Å². The maximum atomic E-state index is 12.7. The molecule has 1 amide bonds. The fourth-order valence-corrected chi connectivity index (χ4v) is 3.04. The van der Waals surface area contributed by atoms with Crippen LogP contribution in [-0.2, 0) is 4.79 Å². The predicted molar refractivity (Wildman–Crippen MR) is 80.2 cm³/mol. The highest BCUT2D eigenvalue weighted by molar-refractivity contribution is 5.96. The highest BCUT2D eigenvalue weighted by Crippen LogP contribution is 2.25. The zero-order valence-electron chi connectivity index (χ0n) is 12.2. The summed E-state index contributed by atoms with van der Waals surface area (Å²) in [5, 5.41) is 0.931. The molecular weight excluding hydrogens is 266 g/mol. The fourth-order valence-electron chi connectivity index (χ4n) is 3.04. The van der Waals surface area contributed by atoms with Gasteiger partial charge in [-0.25, -0.2) is 0 Å². The van der Waals surface area contributed by atoms with Gasteiger partial charge < -0.3 is 9.32 Å². The monoisotopic (exact) mass is 285 g/mol. The lowest BCUT2D eigenvalue weighted by Crippen LogP contribution is -2.44. The molecule has 1 fully saturated rings. The van der Waals surface area contributed by atoms with E-state index in [4.69, 9.17) is 4.42 Å². The van der Waals surface area contributed by atoms with Gasteiger partial charge in [0.1, 0.15) is 11.4 Å². The lowest BCUT2D eigenvalue weighted by molar-refractivity contribution is -0.118. The largest absolute Gasteiger partial charge is 0.451 e. The maximum Gasteiger partial charge on any atom is 0.289 e. The number of carbonyl (C=O) groups excluding carboxylic acids is 2. The Morgan fingerprint density at radius 1 is 1.29 bits per heavy atom. The van der Waals surface area contributed by atoms with Crippen molar-refractivity contribution in [2.75, 3.05) is 6.54 Å². The number of nitrogens with zero attached hydrogens (tertiary/aromatic N) is 1. The molecule has 4 nitrogen and oxygen atoms in total. The van der Waals surface area contributed by atoms with Crippen molar-refractivity contribution in [2.45, 2.75) is 38.6 Å². The quantitative estimate of drug-likeness (QED) is 0.868. The van der Waals surface area contributed by atoms with Crippen molar-refractivity contribution in [3.8, 4) is 0 Å². The Hall–Kier alpha value is -2.10. The molecule has 2 aromatic rings. The number of fused-ring (bicyclic) bond motifs is 1. The lowest BCUT2D eigenvalue weighted by atomic mass is 9.97. The van der Waals surface area contributed by atoms with Gasteiger partial charge in [-0.15, -0.1) is 0 Å². The minimum absolute atomic E-state index is 0.0111. The number of amides is 1. The zero-order valence-corrected chi connectivity index (χ0v) is 12.2. The molecule has 0 radical (unpaired) electrons. The Labute approximate surface area is 123 Å². The maximum absolute atomic E-state index is 12.7. The van der Waals surface area contributed by atoms with E-state index in [0.717, 1.165) is 30.2 Å². The highest BCUT2D eigenvalue weighted by Gasteiger charge is 2.30. The number of rotatable bonds is 3. The van der Waals surface area contributed by atoms with E-state index in [1.807, 2.05) is 29.2 Å². The summed E-state index contributed by atoms with van der Waals surface area (Å²) in [6.45, 7) is 2.28. The first-order chi connectivity index (χ1) is 10.1. The fraction of sp³-hybridized carbons (Fsp3) is 0.412. The molecule has 1 aromatic carbocycles. The van der Waals surface area contributed by atoms with E-state index in [0.29, 0.717) is 18.7 Å². The first-order valence-corrected chi connectivity index (χ1v) is 7.44. The number of ketones is 1. The zero-order chi connectivity index (χ0) is 14.8. The summed E-state index contributed by atoms with van der Waals surface area (Å²) in [6.07, 6.45) is 3.39. The molecular formula is C17H19NO3. The van der Waals surface area contributed by atoms with Crippen LogP contribution in [0, 0.1) is 0 Å². The molecule has 0 bridgehead atoms. The molecule has 1 atom stereocenters. The van der Waals surface area contributed by atoms with Crippen LogP contribution in [0.25, 0.3) is 11.0 Å². The molecule has 1 aliphatic heterocycles. The molecule has 0 N–H and O–H groups in total. The molecule has 4 heteroatoms. The number of carbonyl (C=O) groups is 2. The summed E-state index contributed by atoms with van der Waals surface area (Å²) in [7, 11) is 0. The van der Waals surface area contributed by atoms with E-state index >= 15 is 0 Å². The second-order valence-electron chi connectivity index (χ2n) is 5.70. The predicted octanol–water partition coefficient (Wildman–Crippen LogP) is 3.41.